The van der Waals surface area contributed by atoms with Gasteiger partial charge in [0.1, 0.15) is 16.8 Å². The summed E-state index contributed by atoms with van der Waals surface area (Å²) in [6.07, 6.45) is 8.06. The highest BCUT2D eigenvalue weighted by molar-refractivity contribution is 6.69. The molecule has 1 saturated heterocycles. The van der Waals surface area contributed by atoms with Crippen LogP contribution in [0.15, 0.2) is 77.6 Å². The number of halogens is 3. The lowest BCUT2D eigenvalue weighted by Gasteiger charge is -2.22. The van der Waals surface area contributed by atoms with Crippen molar-refractivity contribution in [2.75, 3.05) is 32.5 Å². The number of carbonyl (C=O) groups excluding carboxylic acids is 1. The maximum atomic E-state index is 14.8. The van der Waals surface area contributed by atoms with Crippen molar-refractivity contribution in [1.29, 1.82) is 0 Å². The Morgan fingerprint density at radius 3 is 2.54 bits per heavy atom. The fourth-order valence-electron chi connectivity index (χ4n) is 5.36. The minimum Gasteiger partial charge on any atom is -0.337 e. The monoisotopic (exact) mass is 572 g/mol. The Kier molecular flexibility index (Phi) is 7.23. The number of rotatable bonds is 5. The summed E-state index contributed by atoms with van der Waals surface area (Å²) >= 11 is 6.28. The van der Waals surface area contributed by atoms with Gasteiger partial charge in [-0.05, 0) is 80.6 Å². The molecule has 6 rings (SSSR count). The van der Waals surface area contributed by atoms with Crippen molar-refractivity contribution in [3.05, 3.63) is 107 Å². The summed E-state index contributed by atoms with van der Waals surface area (Å²) in [6, 6.07) is 11.3. The zero-order valence-corrected chi connectivity index (χ0v) is 23.3. The number of hydrogen-bond donors (Lipinski definition) is 1. The van der Waals surface area contributed by atoms with E-state index in [2.05, 4.69) is 20.2 Å². The first-order valence-electron chi connectivity index (χ1n) is 13.3. The number of likely N-dealkylation sites (N-methyl/N-ethyl adjacent to an activating group) is 1. The molecule has 1 aliphatic carbocycles. The van der Waals surface area contributed by atoms with Crippen LogP contribution in [0.25, 0.3) is 11.1 Å². The van der Waals surface area contributed by atoms with Crippen LogP contribution in [0.3, 0.4) is 0 Å². The molecule has 208 valence electrons. The lowest BCUT2D eigenvalue weighted by molar-refractivity contribution is 0.0783. The molecule has 1 amide bonds. The van der Waals surface area contributed by atoms with Crippen LogP contribution >= 0.6 is 11.6 Å². The first kappa shape index (κ1) is 27.0. The van der Waals surface area contributed by atoms with Crippen molar-refractivity contribution >= 4 is 45.5 Å². The van der Waals surface area contributed by atoms with Gasteiger partial charge in [0.15, 0.2) is 0 Å². The van der Waals surface area contributed by atoms with Gasteiger partial charge < -0.3 is 15.1 Å². The molecule has 1 unspecified atom stereocenters. The number of aromatic nitrogens is 2. The molecule has 3 aliphatic rings. The fourth-order valence-corrected chi connectivity index (χ4v) is 5.52. The molecule has 2 aliphatic heterocycles. The van der Waals surface area contributed by atoms with Crippen molar-refractivity contribution in [1.82, 2.24) is 19.8 Å². The number of fused-ring (bicyclic) bond motifs is 3. The summed E-state index contributed by atoms with van der Waals surface area (Å²) < 4.78 is 29.6. The molecule has 0 spiro atoms. The third kappa shape index (κ3) is 5.30. The van der Waals surface area contributed by atoms with Crippen molar-refractivity contribution in [3.63, 3.8) is 0 Å². The van der Waals surface area contributed by atoms with Crippen LogP contribution in [0.5, 0.6) is 0 Å². The molecule has 1 atom stereocenters. The van der Waals surface area contributed by atoms with Gasteiger partial charge in [0.25, 0.3) is 5.91 Å². The second-order valence-electron chi connectivity index (χ2n) is 10.4. The van der Waals surface area contributed by atoms with Crippen LogP contribution in [0, 0.1) is 11.6 Å². The summed E-state index contributed by atoms with van der Waals surface area (Å²) in [6.45, 7) is 1.46. The predicted octanol–water partition coefficient (Wildman–Crippen LogP) is 5.83. The van der Waals surface area contributed by atoms with Crippen molar-refractivity contribution in [3.8, 4) is 0 Å². The van der Waals surface area contributed by atoms with Crippen molar-refractivity contribution < 1.29 is 13.6 Å². The second-order valence-corrected chi connectivity index (χ2v) is 10.8. The highest BCUT2D eigenvalue weighted by Gasteiger charge is 2.29. The Morgan fingerprint density at radius 2 is 1.83 bits per heavy atom. The number of carbonyl (C=O) groups is 1. The Bertz CT molecular complexity index is 1640. The van der Waals surface area contributed by atoms with Gasteiger partial charge in [0, 0.05) is 53.9 Å². The molecule has 10 heteroatoms. The van der Waals surface area contributed by atoms with Crippen LogP contribution < -0.4 is 5.32 Å². The van der Waals surface area contributed by atoms with E-state index < -0.39 is 11.6 Å². The quantitative estimate of drug-likeness (QED) is 0.416. The molecule has 0 saturated carbocycles. The molecule has 1 fully saturated rings. The third-order valence-corrected chi connectivity index (χ3v) is 7.81. The molecule has 41 heavy (non-hydrogen) atoms. The maximum Gasteiger partial charge on any atom is 0.253 e. The summed E-state index contributed by atoms with van der Waals surface area (Å²) in [7, 11) is 4.07. The topological polar surface area (TPSA) is 73.7 Å². The lowest BCUT2D eigenvalue weighted by atomic mass is 9.84. The van der Waals surface area contributed by atoms with Gasteiger partial charge >= 0.3 is 0 Å². The molecule has 0 radical (unpaired) electrons. The maximum absolute atomic E-state index is 14.8. The minimum atomic E-state index is -0.692. The molecule has 7 nitrogen and oxygen atoms in total. The first-order valence-corrected chi connectivity index (χ1v) is 13.7. The Labute approximate surface area is 241 Å². The normalized spacial score (nSPS) is 18.1. The third-order valence-electron chi connectivity index (χ3n) is 7.61. The van der Waals surface area contributed by atoms with Crippen molar-refractivity contribution in [2.45, 2.75) is 18.9 Å². The van der Waals surface area contributed by atoms with Gasteiger partial charge in [-0.3, -0.25) is 4.79 Å². The zero-order chi connectivity index (χ0) is 28.7. The Morgan fingerprint density at radius 1 is 1.07 bits per heavy atom. The number of aliphatic imine (C=N–C) groups is 1. The summed E-state index contributed by atoms with van der Waals surface area (Å²) in [5, 5.41) is 3.29. The number of hydrogen-bond acceptors (Lipinski definition) is 6. The molecule has 2 aromatic carbocycles. The summed E-state index contributed by atoms with van der Waals surface area (Å²) in [4.78, 5) is 30.5. The second kappa shape index (κ2) is 11.0. The van der Waals surface area contributed by atoms with Crippen molar-refractivity contribution in [2.24, 2.45) is 4.99 Å². The van der Waals surface area contributed by atoms with Crippen LogP contribution in [-0.2, 0) is 6.42 Å². The number of likely N-dealkylation sites (tertiary alicyclic amines) is 1. The van der Waals surface area contributed by atoms with E-state index in [1.807, 2.05) is 37.2 Å². The smallest absolute Gasteiger partial charge is 0.253 e. The Balaban J connectivity index is 1.24. The van der Waals surface area contributed by atoms with E-state index in [1.54, 1.807) is 24.5 Å². The zero-order valence-electron chi connectivity index (χ0n) is 22.5. The summed E-state index contributed by atoms with van der Waals surface area (Å²) in [5.41, 5.74) is 4.07. The number of allylic oxidation sites excluding steroid dienone is 5. The molecule has 3 aromatic rings. The number of anilines is 2. The van der Waals surface area contributed by atoms with E-state index in [0.717, 1.165) is 25.1 Å². The number of nitrogens with one attached hydrogen (secondary N) is 1. The van der Waals surface area contributed by atoms with E-state index in [-0.39, 0.29) is 16.6 Å². The average molecular weight is 573 g/mol. The van der Waals surface area contributed by atoms with E-state index in [4.69, 9.17) is 16.6 Å². The van der Waals surface area contributed by atoms with E-state index in [1.165, 1.54) is 24.3 Å². The fraction of sp³-hybridized carbons (Fsp3) is 0.226. The van der Waals surface area contributed by atoms with Crippen LogP contribution in [0.1, 0.15) is 33.6 Å². The van der Waals surface area contributed by atoms with Gasteiger partial charge in [0.2, 0.25) is 5.95 Å². The van der Waals surface area contributed by atoms with Crippen LogP contribution in [0.2, 0.25) is 0 Å². The SMILES string of the molecule is CN(C)C1CCN(C(=O)c2ccc(Nc3ncc4c(n3)C3=CN=C(Cl)C=C(c5c(F)cccc5F)C3=CC4)cc2)C1. The number of benzene rings is 2. The van der Waals surface area contributed by atoms with Crippen LogP contribution in [0.4, 0.5) is 20.4 Å². The highest BCUT2D eigenvalue weighted by atomic mass is 35.5. The largest absolute Gasteiger partial charge is 0.337 e. The molecular formula is C31H27ClF2N6O. The lowest BCUT2D eigenvalue weighted by Crippen LogP contribution is -2.34. The standard InChI is InChI=1S/C31H27ClF2N6O/c1-39(2)21-12-13-40(17-21)30(41)18-6-9-20(10-7-18)37-31-36-15-19-8-11-22-23(28-25(33)4-3-5-26(28)34)14-27(32)35-16-24(22)29(19)38-31/h3-7,9-11,14-16,21H,8,12-13,17H2,1-2H3,(H,36,37,38). The predicted molar refractivity (Wildman–Crippen MR) is 157 cm³/mol. The average Bonchev–Trinajstić information content (AvgIpc) is 3.40. The molecule has 1 aromatic heterocycles. The highest BCUT2D eigenvalue weighted by Crippen LogP contribution is 2.41. The van der Waals surface area contributed by atoms with Gasteiger partial charge in [-0.25, -0.2) is 23.7 Å². The van der Waals surface area contributed by atoms with Gasteiger partial charge in [-0.1, -0.05) is 23.7 Å². The molecule has 0 bridgehead atoms. The van der Waals surface area contributed by atoms with Gasteiger partial charge in [-0.2, -0.15) is 0 Å². The van der Waals surface area contributed by atoms with Gasteiger partial charge in [-0.15, -0.1) is 0 Å². The van der Waals surface area contributed by atoms with Crippen LogP contribution in [-0.4, -0.2) is 64.1 Å². The van der Waals surface area contributed by atoms with Gasteiger partial charge in [0.05, 0.1) is 11.3 Å². The van der Waals surface area contributed by atoms with E-state index >= 15 is 0 Å². The number of amides is 1. The van der Waals surface area contributed by atoms with E-state index in [0.29, 0.717) is 52.1 Å². The molecular weight excluding hydrogens is 546 g/mol. The van der Waals surface area contributed by atoms with E-state index in [9.17, 15) is 13.6 Å². The minimum absolute atomic E-state index is 0.0138. The molecule has 1 N–H and O–H groups in total. The Hall–Kier alpha value is -4.21. The first-order chi connectivity index (χ1) is 19.8. The molecule has 3 heterocycles. The number of nitrogens with zero attached hydrogens (tertiary/aromatic N) is 5. The summed E-state index contributed by atoms with van der Waals surface area (Å²) in [5.74, 6) is -1.04.